The Morgan fingerprint density at radius 3 is 3.10 bits per heavy atom. The number of morpholine rings is 1. The highest BCUT2D eigenvalue weighted by Gasteiger charge is 2.20. The number of hydrogen-bond acceptors (Lipinski definition) is 5. The zero-order valence-corrected chi connectivity index (χ0v) is 12.1. The Hall–Kier alpha value is -1.61. The van der Waals surface area contributed by atoms with E-state index in [-0.39, 0.29) is 6.10 Å². The first kappa shape index (κ1) is 14.8. The third kappa shape index (κ3) is 3.70. The molecule has 0 radical (unpaired) electrons. The number of nitrogens with one attached hydrogen (secondary N) is 1. The summed E-state index contributed by atoms with van der Waals surface area (Å²) in [7, 11) is 3.59. The number of hydrogen-bond donors (Lipinski definition) is 1. The second kappa shape index (κ2) is 7.25. The molecule has 1 aliphatic rings. The second-order valence-electron chi connectivity index (χ2n) is 4.92. The van der Waals surface area contributed by atoms with Gasteiger partial charge in [0.2, 0.25) is 0 Å². The molecule has 1 saturated heterocycles. The van der Waals surface area contributed by atoms with Crippen LogP contribution in [0.25, 0.3) is 0 Å². The summed E-state index contributed by atoms with van der Waals surface area (Å²) in [6.07, 6.45) is 0.221. The monoisotopic (exact) mass is 275 g/mol. The summed E-state index contributed by atoms with van der Waals surface area (Å²) in [6.45, 7) is 4.17. The first-order valence-corrected chi connectivity index (χ1v) is 6.82. The third-order valence-corrected chi connectivity index (χ3v) is 3.46. The molecule has 1 atom stereocenters. The standard InChI is InChI=1S/C15H21N3O2/c1-17-9-14-11-18(5-6-20-14)10-13-7-12(8-16)3-4-15(13)19-2/h3-4,7,14,17H,5-6,9-11H2,1-2H3. The maximum atomic E-state index is 9.01. The van der Waals surface area contributed by atoms with Crippen molar-refractivity contribution in [1.82, 2.24) is 10.2 Å². The number of ether oxygens (including phenoxy) is 2. The molecule has 1 fully saturated rings. The van der Waals surface area contributed by atoms with E-state index < -0.39 is 0 Å². The van der Waals surface area contributed by atoms with Gasteiger partial charge >= 0.3 is 0 Å². The lowest BCUT2D eigenvalue weighted by atomic mass is 10.1. The Morgan fingerprint density at radius 2 is 2.40 bits per heavy atom. The van der Waals surface area contributed by atoms with Gasteiger partial charge in [-0.15, -0.1) is 0 Å². The molecule has 0 aromatic heterocycles. The van der Waals surface area contributed by atoms with Gasteiger partial charge in [0, 0.05) is 31.7 Å². The lowest BCUT2D eigenvalue weighted by Crippen LogP contribution is -2.45. The van der Waals surface area contributed by atoms with E-state index in [4.69, 9.17) is 14.7 Å². The summed E-state index contributed by atoms with van der Waals surface area (Å²) < 4.78 is 11.1. The van der Waals surface area contributed by atoms with E-state index in [2.05, 4.69) is 16.3 Å². The van der Waals surface area contributed by atoms with Crippen LogP contribution in [-0.2, 0) is 11.3 Å². The normalized spacial score (nSPS) is 19.6. The van der Waals surface area contributed by atoms with Crippen LogP contribution < -0.4 is 10.1 Å². The summed E-state index contributed by atoms with van der Waals surface area (Å²) in [5, 5.41) is 12.2. The average Bonchev–Trinajstić information content (AvgIpc) is 2.48. The van der Waals surface area contributed by atoms with Gasteiger partial charge in [0.05, 0.1) is 31.5 Å². The second-order valence-corrected chi connectivity index (χ2v) is 4.92. The van der Waals surface area contributed by atoms with Gasteiger partial charge < -0.3 is 14.8 Å². The summed E-state index contributed by atoms with van der Waals surface area (Å²) in [4.78, 5) is 2.34. The van der Waals surface area contributed by atoms with Crippen LogP contribution >= 0.6 is 0 Å². The van der Waals surface area contributed by atoms with Crippen LogP contribution in [0, 0.1) is 11.3 Å². The molecule has 5 heteroatoms. The lowest BCUT2D eigenvalue weighted by molar-refractivity contribution is -0.0293. The van der Waals surface area contributed by atoms with E-state index in [1.165, 1.54) is 0 Å². The number of nitrogens with zero attached hydrogens (tertiary/aromatic N) is 2. The van der Waals surface area contributed by atoms with Crippen LogP contribution in [0.4, 0.5) is 0 Å². The Bertz CT molecular complexity index is 482. The minimum absolute atomic E-state index is 0.221. The molecule has 1 aromatic carbocycles. The van der Waals surface area contributed by atoms with E-state index in [0.717, 1.165) is 44.1 Å². The average molecular weight is 275 g/mol. The number of benzene rings is 1. The highest BCUT2D eigenvalue weighted by molar-refractivity contribution is 5.42. The molecule has 1 unspecified atom stereocenters. The van der Waals surface area contributed by atoms with Crippen molar-refractivity contribution in [2.75, 3.05) is 40.4 Å². The van der Waals surface area contributed by atoms with Gasteiger partial charge in [-0.05, 0) is 25.2 Å². The molecule has 1 aromatic rings. The summed E-state index contributed by atoms with van der Waals surface area (Å²) >= 11 is 0. The molecule has 1 N–H and O–H groups in total. The third-order valence-electron chi connectivity index (χ3n) is 3.46. The fourth-order valence-corrected chi connectivity index (χ4v) is 2.49. The van der Waals surface area contributed by atoms with Crippen molar-refractivity contribution < 1.29 is 9.47 Å². The molecular weight excluding hydrogens is 254 g/mol. The van der Waals surface area contributed by atoms with E-state index >= 15 is 0 Å². The summed E-state index contributed by atoms with van der Waals surface area (Å²) in [5.74, 6) is 0.834. The predicted octanol–water partition coefficient (Wildman–Crippen LogP) is 0.987. The van der Waals surface area contributed by atoms with Crippen molar-refractivity contribution in [1.29, 1.82) is 5.26 Å². The molecule has 0 saturated carbocycles. The van der Waals surface area contributed by atoms with Crippen LogP contribution in [0.3, 0.4) is 0 Å². The Morgan fingerprint density at radius 1 is 1.55 bits per heavy atom. The molecular formula is C15H21N3O2. The van der Waals surface area contributed by atoms with Crippen molar-refractivity contribution in [3.63, 3.8) is 0 Å². The van der Waals surface area contributed by atoms with Gasteiger partial charge in [-0.2, -0.15) is 5.26 Å². The van der Waals surface area contributed by atoms with Crippen LogP contribution in [0.15, 0.2) is 18.2 Å². The van der Waals surface area contributed by atoms with E-state index in [1.54, 1.807) is 13.2 Å². The molecule has 108 valence electrons. The van der Waals surface area contributed by atoms with Gasteiger partial charge in [-0.3, -0.25) is 4.90 Å². The number of likely N-dealkylation sites (N-methyl/N-ethyl adjacent to an activating group) is 1. The van der Waals surface area contributed by atoms with Gasteiger partial charge in [0.15, 0.2) is 0 Å². The first-order chi connectivity index (χ1) is 9.76. The van der Waals surface area contributed by atoms with E-state index in [0.29, 0.717) is 5.56 Å². The first-order valence-electron chi connectivity index (χ1n) is 6.82. The molecule has 0 bridgehead atoms. The maximum Gasteiger partial charge on any atom is 0.123 e. The molecule has 0 spiro atoms. The van der Waals surface area contributed by atoms with Crippen LogP contribution in [0.5, 0.6) is 5.75 Å². The predicted molar refractivity (Wildman–Crippen MR) is 76.7 cm³/mol. The Labute approximate surface area is 120 Å². The van der Waals surface area contributed by atoms with Crippen molar-refractivity contribution >= 4 is 0 Å². The van der Waals surface area contributed by atoms with Gasteiger partial charge in [0.25, 0.3) is 0 Å². The van der Waals surface area contributed by atoms with Crippen molar-refractivity contribution in [2.45, 2.75) is 12.6 Å². The smallest absolute Gasteiger partial charge is 0.123 e. The molecule has 20 heavy (non-hydrogen) atoms. The van der Waals surface area contributed by atoms with Crippen LogP contribution in [0.1, 0.15) is 11.1 Å². The maximum absolute atomic E-state index is 9.01. The van der Waals surface area contributed by atoms with E-state index in [9.17, 15) is 0 Å². The van der Waals surface area contributed by atoms with Crippen LogP contribution in [-0.4, -0.2) is 51.4 Å². The fourth-order valence-electron chi connectivity index (χ4n) is 2.49. The van der Waals surface area contributed by atoms with Crippen molar-refractivity contribution in [2.24, 2.45) is 0 Å². The quantitative estimate of drug-likeness (QED) is 0.868. The SMILES string of the molecule is CNCC1CN(Cc2cc(C#N)ccc2OC)CCO1. The number of rotatable bonds is 5. The van der Waals surface area contributed by atoms with Gasteiger partial charge in [0.1, 0.15) is 5.75 Å². The highest BCUT2D eigenvalue weighted by atomic mass is 16.5. The van der Waals surface area contributed by atoms with Crippen molar-refractivity contribution in [3.8, 4) is 11.8 Å². The molecule has 0 aliphatic carbocycles. The molecule has 0 amide bonds. The van der Waals surface area contributed by atoms with Gasteiger partial charge in [-0.25, -0.2) is 0 Å². The largest absolute Gasteiger partial charge is 0.496 e. The zero-order valence-electron chi connectivity index (χ0n) is 12.1. The summed E-state index contributed by atoms with van der Waals surface area (Å²) in [5.41, 5.74) is 1.72. The van der Waals surface area contributed by atoms with Crippen molar-refractivity contribution in [3.05, 3.63) is 29.3 Å². The zero-order chi connectivity index (χ0) is 14.4. The lowest BCUT2D eigenvalue weighted by Gasteiger charge is -2.33. The van der Waals surface area contributed by atoms with Crippen LogP contribution in [0.2, 0.25) is 0 Å². The molecule has 1 aliphatic heterocycles. The highest BCUT2D eigenvalue weighted by Crippen LogP contribution is 2.22. The molecule has 2 rings (SSSR count). The van der Waals surface area contributed by atoms with E-state index in [1.807, 2.05) is 19.2 Å². The summed E-state index contributed by atoms with van der Waals surface area (Å²) in [6, 6.07) is 7.72. The number of nitriles is 1. The molecule has 1 heterocycles. The minimum atomic E-state index is 0.221. The Balaban J connectivity index is 2.07. The topological polar surface area (TPSA) is 57.5 Å². The van der Waals surface area contributed by atoms with Gasteiger partial charge in [-0.1, -0.05) is 0 Å². The Kier molecular flexibility index (Phi) is 5.36. The molecule has 5 nitrogen and oxygen atoms in total. The number of methoxy groups -OCH3 is 1. The fraction of sp³-hybridized carbons (Fsp3) is 0.533. The minimum Gasteiger partial charge on any atom is -0.496 e.